The molecule has 0 spiro atoms. The van der Waals surface area contributed by atoms with E-state index in [-0.39, 0.29) is 49.3 Å². The van der Waals surface area contributed by atoms with Crippen LogP contribution in [-0.2, 0) is 44.7 Å². The first-order chi connectivity index (χ1) is 31.7. The Morgan fingerprint density at radius 1 is 0.853 bits per heavy atom. The third-order valence-corrected chi connectivity index (χ3v) is 14.6. The second kappa shape index (κ2) is 22.3. The number of nitrogens with zero attached hydrogens (tertiary/aromatic N) is 2. The minimum atomic E-state index is -2.05. The normalized spacial score (nSPS) is 40.8. The zero-order valence-corrected chi connectivity index (χ0v) is 42.5. The van der Waals surface area contributed by atoms with Crippen molar-refractivity contribution in [2.75, 3.05) is 35.4 Å². The Morgan fingerprint density at radius 2 is 1.50 bits per heavy atom. The SMILES string of the molecule is CC[C@H]1OC(=O)[C@H](C)[C@@H](OC2C[C@@](C)(OC)[C@@H](O)[C@H](C)O2)[C@H](C)[C@@H](O[C@@H]2O[C@H](C)C[C@H](N(C)C)[C@H]2O)[C@](C)(O)C[C@@H](C)C(=NOCc2cc(=O)oc3cc(OC)c(OC)cc23)[C@H](C)[C@@H](O)[C@]1(C)O. The van der Waals surface area contributed by atoms with Crippen molar-refractivity contribution >= 4 is 22.7 Å². The molecule has 18 atom stereocenters. The van der Waals surface area contributed by atoms with E-state index in [0.717, 1.165) is 0 Å². The third kappa shape index (κ3) is 11.8. The first-order valence-electron chi connectivity index (χ1n) is 23.7. The molecule has 1 aromatic heterocycles. The van der Waals surface area contributed by atoms with Crippen LogP contribution in [0.1, 0.15) is 100 Å². The average molecular weight is 967 g/mol. The summed E-state index contributed by atoms with van der Waals surface area (Å²) in [5.74, 6) is -3.78. The highest BCUT2D eigenvalue weighted by atomic mass is 16.7. The highest BCUT2D eigenvalue weighted by Gasteiger charge is 2.53. The molecule has 0 radical (unpaired) electrons. The van der Waals surface area contributed by atoms with Crippen molar-refractivity contribution in [3.63, 3.8) is 0 Å². The Morgan fingerprint density at radius 3 is 2.10 bits per heavy atom. The Hall–Kier alpha value is -3.47. The van der Waals surface area contributed by atoms with Crippen LogP contribution >= 0.6 is 0 Å². The highest BCUT2D eigenvalue weighted by molar-refractivity contribution is 5.89. The molecule has 5 rings (SSSR count). The Labute approximate surface area is 399 Å². The fraction of sp³-hybridized carbons (Fsp3) is 0.776. The third-order valence-electron chi connectivity index (χ3n) is 14.6. The predicted molar refractivity (Wildman–Crippen MR) is 249 cm³/mol. The van der Waals surface area contributed by atoms with Crippen LogP contribution in [0.15, 0.2) is 32.6 Å². The fourth-order valence-electron chi connectivity index (χ4n) is 10.4. The van der Waals surface area contributed by atoms with Crippen LogP contribution in [0.5, 0.6) is 11.5 Å². The predicted octanol–water partition coefficient (Wildman–Crippen LogP) is 3.91. The lowest BCUT2D eigenvalue weighted by molar-refractivity contribution is -0.317. The van der Waals surface area contributed by atoms with Gasteiger partial charge in [0, 0.05) is 60.4 Å². The molecule has 1 unspecified atom stereocenters. The number of hydrogen-bond donors (Lipinski definition) is 5. The molecule has 2 aromatic rings. The number of carbonyl (C=O) groups excluding carboxylic acids is 1. The van der Waals surface area contributed by atoms with Gasteiger partial charge < -0.3 is 77.6 Å². The number of aliphatic hydroxyl groups excluding tert-OH is 3. The number of ether oxygens (including phenoxy) is 8. The van der Waals surface area contributed by atoms with E-state index >= 15 is 0 Å². The maximum absolute atomic E-state index is 14.5. The second-order valence-corrected chi connectivity index (χ2v) is 20.2. The molecule has 68 heavy (non-hydrogen) atoms. The molecule has 0 bridgehead atoms. The number of oxime groups is 1. The molecule has 4 heterocycles. The van der Waals surface area contributed by atoms with Gasteiger partial charge in [0.1, 0.15) is 36.1 Å². The van der Waals surface area contributed by atoms with Crippen molar-refractivity contribution in [1.82, 2.24) is 4.90 Å². The summed E-state index contributed by atoms with van der Waals surface area (Å²) in [4.78, 5) is 35.2. The molecule has 5 N–H and O–H groups in total. The summed E-state index contributed by atoms with van der Waals surface area (Å²) in [5, 5.41) is 65.2. The highest BCUT2D eigenvalue weighted by Crippen LogP contribution is 2.41. The Bertz CT molecular complexity index is 2090. The molecule has 19 nitrogen and oxygen atoms in total. The van der Waals surface area contributed by atoms with Gasteiger partial charge in [-0.05, 0) is 81.0 Å². The van der Waals surface area contributed by atoms with Gasteiger partial charge in [0.25, 0.3) is 0 Å². The van der Waals surface area contributed by atoms with Crippen LogP contribution in [-0.4, -0.2) is 162 Å². The molecule has 3 aliphatic heterocycles. The Kier molecular flexibility index (Phi) is 18.2. The van der Waals surface area contributed by atoms with Crippen molar-refractivity contribution in [2.24, 2.45) is 28.8 Å². The molecular weight excluding hydrogens is 889 g/mol. The summed E-state index contributed by atoms with van der Waals surface area (Å²) in [5.41, 5.74) is -4.82. The van der Waals surface area contributed by atoms with Crippen molar-refractivity contribution in [2.45, 2.75) is 186 Å². The van der Waals surface area contributed by atoms with E-state index in [1.165, 1.54) is 40.4 Å². The molecular formula is C49H78N2O17. The quantitative estimate of drug-likeness (QED) is 0.115. The number of likely N-dealkylation sites (N-methyl/N-ethyl adjacent to an activating group) is 1. The molecule has 3 aliphatic rings. The van der Waals surface area contributed by atoms with E-state index in [4.69, 9.17) is 47.1 Å². The average Bonchev–Trinajstić information content (AvgIpc) is 3.28. The maximum atomic E-state index is 14.5. The van der Waals surface area contributed by atoms with E-state index < -0.39 is 107 Å². The number of methoxy groups -OCH3 is 3. The zero-order valence-electron chi connectivity index (χ0n) is 42.5. The first-order valence-corrected chi connectivity index (χ1v) is 23.7. The van der Waals surface area contributed by atoms with Crippen LogP contribution in [0.2, 0.25) is 0 Å². The molecule has 3 saturated heterocycles. The minimum Gasteiger partial charge on any atom is -0.493 e. The number of aliphatic hydroxyl groups is 5. The van der Waals surface area contributed by atoms with E-state index in [2.05, 4.69) is 5.16 Å². The van der Waals surface area contributed by atoms with Gasteiger partial charge in [-0.25, -0.2) is 4.79 Å². The van der Waals surface area contributed by atoms with E-state index in [1.54, 1.807) is 61.5 Å². The van der Waals surface area contributed by atoms with Gasteiger partial charge in [0.2, 0.25) is 0 Å². The molecule has 3 fully saturated rings. The van der Waals surface area contributed by atoms with Gasteiger partial charge in [-0.2, -0.15) is 0 Å². The van der Waals surface area contributed by atoms with Crippen molar-refractivity contribution in [3.8, 4) is 11.5 Å². The standard InChI is InChI=1S/C49H78N2O17/c1-16-36-49(10,58)42(54)26(4)39(50-62-23-30-18-37(52)65-33-20-35(60-14)34(59-13)19-31(30)33)24(2)21-47(8,57)44(68-46-40(53)32(51(11)12)17-25(3)63-46)27(5)41(28(6)45(56)66-36)67-38-22-48(9,61-15)43(55)29(7)64-38/h18-20,24-29,32,36,38,40-44,46,53-55,57-58H,16-17,21-23H2,1-15H3/t24-,25-,26+,27+,28-,29+,32+,36-,38?,40-,41+,42-,43+,44-,46+,47-,48-,49-/m1/s1. The smallest absolute Gasteiger partial charge is 0.336 e. The molecule has 19 heteroatoms. The van der Waals surface area contributed by atoms with Gasteiger partial charge in [-0.1, -0.05) is 32.9 Å². The number of carbonyl (C=O) groups is 1. The summed E-state index contributed by atoms with van der Waals surface area (Å²) >= 11 is 0. The topological polar surface area (TPSA) is 247 Å². The van der Waals surface area contributed by atoms with Gasteiger partial charge >= 0.3 is 11.6 Å². The molecule has 386 valence electrons. The second-order valence-electron chi connectivity index (χ2n) is 20.2. The van der Waals surface area contributed by atoms with Gasteiger partial charge in [0.05, 0.1) is 67.6 Å². The van der Waals surface area contributed by atoms with Gasteiger partial charge in [-0.3, -0.25) is 4.79 Å². The van der Waals surface area contributed by atoms with Crippen molar-refractivity contribution in [1.29, 1.82) is 0 Å². The molecule has 1 aromatic carbocycles. The lowest BCUT2D eigenvalue weighted by Gasteiger charge is -2.49. The fourth-order valence-corrected chi connectivity index (χ4v) is 10.4. The van der Waals surface area contributed by atoms with E-state index in [1.807, 2.05) is 25.9 Å². The van der Waals surface area contributed by atoms with Crippen LogP contribution in [0.25, 0.3) is 11.0 Å². The first kappa shape index (κ1) is 55.5. The molecule has 0 saturated carbocycles. The Balaban J connectivity index is 1.64. The van der Waals surface area contributed by atoms with Crippen LogP contribution in [0.4, 0.5) is 0 Å². The van der Waals surface area contributed by atoms with Crippen molar-refractivity contribution < 1.29 is 77.5 Å². The maximum Gasteiger partial charge on any atom is 0.336 e. The summed E-state index contributed by atoms with van der Waals surface area (Å²) in [6.45, 7) is 16.5. The largest absolute Gasteiger partial charge is 0.493 e. The lowest BCUT2D eigenvalue weighted by Crippen LogP contribution is -2.61. The monoisotopic (exact) mass is 967 g/mol. The zero-order chi connectivity index (χ0) is 50.8. The van der Waals surface area contributed by atoms with Gasteiger partial charge in [0.15, 0.2) is 24.1 Å². The summed E-state index contributed by atoms with van der Waals surface area (Å²) < 4.78 is 54.3. The molecule has 0 aliphatic carbocycles. The number of rotatable bonds is 12. The number of hydrogen-bond acceptors (Lipinski definition) is 19. The summed E-state index contributed by atoms with van der Waals surface area (Å²) in [7, 11) is 8.11. The lowest BCUT2D eigenvalue weighted by atomic mass is 9.73. The summed E-state index contributed by atoms with van der Waals surface area (Å²) in [6.07, 6.45) is -10.2. The number of fused-ring (bicyclic) bond motifs is 1. The number of esters is 1. The van der Waals surface area contributed by atoms with Gasteiger partial charge in [-0.15, -0.1) is 0 Å². The van der Waals surface area contributed by atoms with E-state index in [9.17, 15) is 35.1 Å². The number of cyclic esters (lactones) is 1. The van der Waals surface area contributed by atoms with E-state index in [0.29, 0.717) is 28.9 Å². The van der Waals surface area contributed by atoms with Crippen molar-refractivity contribution in [3.05, 3.63) is 34.2 Å². The number of benzene rings is 1. The van der Waals surface area contributed by atoms with Crippen LogP contribution in [0.3, 0.4) is 0 Å². The van der Waals surface area contributed by atoms with Crippen LogP contribution < -0.4 is 15.1 Å². The minimum absolute atomic E-state index is 0.0625. The molecule has 0 amide bonds. The van der Waals surface area contributed by atoms with Crippen LogP contribution in [0, 0.1) is 23.7 Å². The summed E-state index contributed by atoms with van der Waals surface area (Å²) in [6, 6.07) is 4.07.